The molecule has 0 bridgehead atoms. The van der Waals surface area contributed by atoms with E-state index in [4.69, 9.17) is 4.42 Å². The largest absolute Gasteiger partial charge is 0.464 e. The zero-order valence-corrected chi connectivity index (χ0v) is 15.3. The third kappa shape index (κ3) is 3.26. The summed E-state index contributed by atoms with van der Waals surface area (Å²) in [4.78, 5) is 9.75. The number of fused-ring (bicyclic) bond motifs is 1. The summed E-state index contributed by atoms with van der Waals surface area (Å²) in [7, 11) is 0. The summed E-state index contributed by atoms with van der Waals surface area (Å²) in [6.45, 7) is 6.47. The van der Waals surface area contributed by atoms with E-state index in [9.17, 15) is 13.2 Å². The average molecular weight is 379 g/mol. The number of furan rings is 1. The maximum absolute atomic E-state index is 13.1. The zero-order chi connectivity index (χ0) is 19.3. The van der Waals surface area contributed by atoms with Gasteiger partial charge < -0.3 is 9.32 Å². The van der Waals surface area contributed by atoms with Gasteiger partial charge in [0.2, 0.25) is 0 Å². The van der Waals surface area contributed by atoms with E-state index >= 15 is 0 Å². The number of halogens is 3. The monoisotopic (exact) mass is 379 g/mol. The van der Waals surface area contributed by atoms with E-state index in [2.05, 4.69) is 26.9 Å². The van der Waals surface area contributed by atoms with E-state index in [1.54, 1.807) is 13.0 Å². The first kappa shape index (κ1) is 17.8. The topological polar surface area (TPSA) is 59.5 Å². The smallest absolute Gasteiger partial charge is 0.453 e. The Balaban J connectivity index is 1.84. The lowest BCUT2D eigenvalue weighted by Crippen LogP contribution is -2.37. The van der Waals surface area contributed by atoms with Crippen molar-refractivity contribution in [1.29, 1.82) is 0 Å². The van der Waals surface area contributed by atoms with E-state index in [-0.39, 0.29) is 11.8 Å². The van der Waals surface area contributed by atoms with Crippen molar-refractivity contribution in [1.82, 2.24) is 19.6 Å². The Morgan fingerprint density at radius 3 is 2.63 bits per heavy atom. The minimum Gasteiger partial charge on any atom is -0.464 e. The maximum Gasteiger partial charge on any atom is 0.453 e. The summed E-state index contributed by atoms with van der Waals surface area (Å²) in [6.07, 6.45) is -2.84. The number of anilines is 1. The second-order valence-electron chi connectivity index (χ2n) is 7.19. The van der Waals surface area contributed by atoms with Crippen LogP contribution in [0.3, 0.4) is 0 Å². The second kappa shape index (κ2) is 6.24. The summed E-state index contributed by atoms with van der Waals surface area (Å²) in [5.74, 6) is 1.41. The van der Waals surface area contributed by atoms with Crippen molar-refractivity contribution in [3.8, 4) is 0 Å². The highest BCUT2D eigenvalue weighted by Crippen LogP contribution is 2.38. The first-order valence-corrected chi connectivity index (χ1v) is 8.87. The number of alkyl halides is 3. The fourth-order valence-electron chi connectivity index (χ4n) is 3.61. The zero-order valence-electron chi connectivity index (χ0n) is 15.3. The summed E-state index contributed by atoms with van der Waals surface area (Å²) in [5.41, 5.74) is 0.589. The average Bonchev–Trinajstić information content (AvgIpc) is 3.20. The van der Waals surface area contributed by atoms with Crippen LogP contribution in [0.4, 0.5) is 19.0 Å². The van der Waals surface area contributed by atoms with Crippen LogP contribution in [0.15, 0.2) is 22.6 Å². The van der Waals surface area contributed by atoms with Gasteiger partial charge in [-0.15, -0.1) is 5.10 Å². The summed E-state index contributed by atoms with van der Waals surface area (Å²) >= 11 is 0. The molecule has 1 fully saturated rings. The molecule has 0 saturated carbocycles. The lowest BCUT2D eigenvalue weighted by Gasteiger charge is -2.38. The predicted octanol–water partition coefficient (Wildman–Crippen LogP) is 4.33. The van der Waals surface area contributed by atoms with Gasteiger partial charge in [-0.25, -0.2) is 4.98 Å². The van der Waals surface area contributed by atoms with E-state index in [0.717, 1.165) is 24.4 Å². The number of aromatic nitrogens is 4. The number of hydrogen-bond donors (Lipinski definition) is 0. The highest BCUT2D eigenvalue weighted by Gasteiger charge is 2.38. The van der Waals surface area contributed by atoms with Gasteiger partial charge in [-0.3, -0.25) is 0 Å². The van der Waals surface area contributed by atoms with Gasteiger partial charge in [0.05, 0.1) is 6.04 Å². The van der Waals surface area contributed by atoms with Gasteiger partial charge in [0, 0.05) is 18.3 Å². The molecule has 1 aliphatic rings. The third-order valence-electron chi connectivity index (χ3n) is 4.92. The van der Waals surface area contributed by atoms with Crippen LogP contribution in [0.1, 0.15) is 48.8 Å². The van der Waals surface area contributed by atoms with Gasteiger partial charge >= 0.3 is 6.18 Å². The van der Waals surface area contributed by atoms with Crippen LogP contribution in [0.5, 0.6) is 0 Å². The first-order valence-electron chi connectivity index (χ1n) is 8.87. The molecule has 6 nitrogen and oxygen atoms in total. The molecule has 4 heterocycles. The molecular formula is C18H20F3N5O. The number of hydrogen-bond acceptors (Lipinski definition) is 5. The lowest BCUT2D eigenvalue weighted by atomic mass is 9.91. The Hall–Kier alpha value is -2.58. The van der Waals surface area contributed by atoms with Crippen LogP contribution >= 0.6 is 0 Å². The molecule has 0 radical (unpaired) electrons. The van der Waals surface area contributed by atoms with Gasteiger partial charge in [-0.05, 0) is 44.7 Å². The molecule has 0 N–H and O–H groups in total. The lowest BCUT2D eigenvalue weighted by molar-refractivity contribution is -0.144. The Kier molecular flexibility index (Phi) is 4.12. The second-order valence-corrected chi connectivity index (χ2v) is 7.19. The Morgan fingerprint density at radius 1 is 1.19 bits per heavy atom. The van der Waals surface area contributed by atoms with Crippen LogP contribution in [-0.4, -0.2) is 26.1 Å². The van der Waals surface area contributed by atoms with Crippen LogP contribution in [0.2, 0.25) is 0 Å². The highest BCUT2D eigenvalue weighted by atomic mass is 19.4. The van der Waals surface area contributed by atoms with Crippen LogP contribution in [-0.2, 0) is 6.18 Å². The van der Waals surface area contributed by atoms with Crippen LogP contribution in [0.25, 0.3) is 5.78 Å². The van der Waals surface area contributed by atoms with Crippen molar-refractivity contribution < 1.29 is 17.6 Å². The van der Waals surface area contributed by atoms with Gasteiger partial charge in [0.1, 0.15) is 17.3 Å². The Bertz CT molecular complexity index is 977. The number of aryl methyl sites for hydroxylation is 2. The van der Waals surface area contributed by atoms with Crippen molar-refractivity contribution in [2.45, 2.75) is 45.8 Å². The van der Waals surface area contributed by atoms with E-state index < -0.39 is 12.0 Å². The van der Waals surface area contributed by atoms with E-state index in [1.165, 1.54) is 4.52 Å². The molecule has 1 saturated heterocycles. The summed E-state index contributed by atoms with van der Waals surface area (Å²) in [5, 5.41) is 3.70. The fourth-order valence-corrected chi connectivity index (χ4v) is 3.61. The minimum atomic E-state index is -4.62. The van der Waals surface area contributed by atoms with E-state index in [1.807, 2.05) is 19.1 Å². The first-order chi connectivity index (χ1) is 12.7. The summed E-state index contributed by atoms with van der Waals surface area (Å²) < 4.78 is 46.3. The number of nitrogens with zero attached hydrogens (tertiary/aromatic N) is 5. The Labute approximate surface area is 154 Å². The quantitative estimate of drug-likeness (QED) is 0.663. The van der Waals surface area contributed by atoms with E-state index in [0.29, 0.717) is 24.0 Å². The fraction of sp³-hybridized carbons (Fsp3) is 0.500. The molecule has 9 heteroatoms. The Morgan fingerprint density at radius 2 is 1.96 bits per heavy atom. The van der Waals surface area contributed by atoms with Crippen molar-refractivity contribution in [2.75, 3.05) is 11.4 Å². The molecule has 2 atom stereocenters. The molecule has 0 spiro atoms. The molecule has 144 valence electrons. The molecule has 0 aromatic carbocycles. The predicted molar refractivity (Wildman–Crippen MR) is 92.5 cm³/mol. The molecular weight excluding hydrogens is 359 g/mol. The highest BCUT2D eigenvalue weighted by molar-refractivity contribution is 5.49. The molecule has 27 heavy (non-hydrogen) atoms. The van der Waals surface area contributed by atoms with Crippen molar-refractivity contribution in [3.63, 3.8) is 0 Å². The molecule has 3 aromatic heterocycles. The molecule has 0 aliphatic carbocycles. The standard InChI is InChI=1S/C18H20F3N5O/c1-10-6-7-25(13(8-10)14-5-4-12(3)27-14)15-9-11(2)22-17-23-16(18(19,20)21)24-26(15)17/h4-5,9-10,13H,6-8H2,1-3H3. The van der Waals surface area contributed by atoms with Crippen molar-refractivity contribution in [3.05, 3.63) is 41.2 Å². The minimum absolute atomic E-state index is 0.0506. The number of piperidine rings is 1. The van der Waals surface area contributed by atoms with Crippen molar-refractivity contribution in [2.24, 2.45) is 5.92 Å². The molecule has 4 rings (SSSR count). The third-order valence-corrected chi connectivity index (χ3v) is 4.92. The van der Waals surface area contributed by atoms with Crippen LogP contribution in [0, 0.1) is 19.8 Å². The summed E-state index contributed by atoms with van der Waals surface area (Å²) in [6, 6.07) is 5.50. The number of rotatable bonds is 2. The molecule has 2 unspecified atom stereocenters. The van der Waals surface area contributed by atoms with Gasteiger partial charge in [0.25, 0.3) is 11.6 Å². The molecule has 3 aromatic rings. The van der Waals surface area contributed by atoms with Gasteiger partial charge in [0.15, 0.2) is 0 Å². The maximum atomic E-state index is 13.1. The van der Waals surface area contributed by atoms with Crippen molar-refractivity contribution >= 4 is 11.6 Å². The normalized spacial score (nSPS) is 21.2. The van der Waals surface area contributed by atoms with Crippen LogP contribution < -0.4 is 4.90 Å². The van der Waals surface area contributed by atoms with Gasteiger partial charge in [-0.1, -0.05) is 6.92 Å². The molecule has 1 aliphatic heterocycles. The van der Waals surface area contributed by atoms with Gasteiger partial charge in [-0.2, -0.15) is 22.7 Å². The molecule has 0 amide bonds. The SMILES string of the molecule is Cc1cc(N2CCC(C)CC2c2ccc(C)o2)n2nc(C(F)(F)F)nc2n1.